The van der Waals surface area contributed by atoms with Gasteiger partial charge in [-0.1, -0.05) is 24.3 Å². The van der Waals surface area contributed by atoms with E-state index in [-0.39, 0.29) is 29.9 Å². The van der Waals surface area contributed by atoms with Crippen molar-refractivity contribution in [2.45, 2.75) is 58.4 Å². The summed E-state index contributed by atoms with van der Waals surface area (Å²) in [5.41, 5.74) is 2.59. The second-order valence-electron chi connectivity index (χ2n) is 8.98. The molecule has 2 unspecified atom stereocenters. The van der Waals surface area contributed by atoms with Gasteiger partial charge in [0, 0.05) is 59.8 Å². The Bertz CT molecular complexity index is 724. The maximum absolute atomic E-state index is 11.6. The van der Waals surface area contributed by atoms with Crippen LogP contribution in [-0.4, -0.2) is 74.1 Å². The zero-order chi connectivity index (χ0) is 22.2. The van der Waals surface area contributed by atoms with Gasteiger partial charge in [-0.2, -0.15) is 0 Å². The van der Waals surface area contributed by atoms with Crippen molar-refractivity contribution in [3.05, 3.63) is 35.4 Å². The largest absolute Gasteiger partial charge is 0.373 e. The summed E-state index contributed by atoms with van der Waals surface area (Å²) < 4.78 is 5.83. The van der Waals surface area contributed by atoms with E-state index in [2.05, 4.69) is 63.5 Å². The molecule has 0 spiro atoms. The van der Waals surface area contributed by atoms with Crippen LogP contribution >= 0.6 is 24.0 Å². The molecule has 0 saturated carbocycles. The summed E-state index contributed by atoms with van der Waals surface area (Å²) in [6, 6.07) is 8.88. The van der Waals surface area contributed by atoms with Crippen molar-refractivity contribution in [2.24, 2.45) is 10.9 Å². The topological polar surface area (TPSA) is 69.2 Å². The van der Waals surface area contributed by atoms with Gasteiger partial charge in [-0.25, -0.2) is 0 Å². The van der Waals surface area contributed by atoms with Gasteiger partial charge in [-0.05, 0) is 43.7 Å². The molecule has 2 aliphatic heterocycles. The van der Waals surface area contributed by atoms with Crippen molar-refractivity contribution in [2.75, 3.05) is 40.3 Å². The molecular weight excluding hydrogens is 517 g/mol. The number of nitrogens with one attached hydrogen (secondary N) is 2. The Morgan fingerprint density at radius 1 is 1.09 bits per heavy atom. The molecule has 2 N–H and O–H groups in total. The number of hydrogen-bond acceptors (Lipinski definition) is 4. The molecule has 7 nitrogen and oxygen atoms in total. The van der Waals surface area contributed by atoms with Crippen LogP contribution in [0.1, 0.15) is 44.2 Å². The van der Waals surface area contributed by atoms with Gasteiger partial charge in [0.2, 0.25) is 5.91 Å². The van der Waals surface area contributed by atoms with Crippen molar-refractivity contribution in [3.8, 4) is 0 Å². The van der Waals surface area contributed by atoms with Crippen molar-refractivity contribution >= 4 is 35.8 Å². The molecule has 0 radical (unpaired) electrons. The maximum Gasteiger partial charge on any atom is 0.220 e. The van der Waals surface area contributed by atoms with Crippen LogP contribution in [0.4, 0.5) is 0 Å². The molecule has 2 atom stereocenters. The monoisotopic (exact) mass is 557 g/mol. The summed E-state index contributed by atoms with van der Waals surface area (Å²) in [6.45, 7) is 9.89. The van der Waals surface area contributed by atoms with Crippen LogP contribution in [0.2, 0.25) is 0 Å². The fourth-order valence-corrected chi connectivity index (χ4v) is 4.66. The van der Waals surface area contributed by atoms with Gasteiger partial charge in [-0.15, -0.1) is 24.0 Å². The van der Waals surface area contributed by atoms with E-state index in [1.54, 1.807) is 7.05 Å². The van der Waals surface area contributed by atoms with Gasteiger partial charge in [0.1, 0.15) is 0 Å². The summed E-state index contributed by atoms with van der Waals surface area (Å²) in [5.74, 6) is 1.56. The Morgan fingerprint density at radius 2 is 1.69 bits per heavy atom. The number of benzene rings is 1. The fourth-order valence-electron chi connectivity index (χ4n) is 4.66. The molecule has 0 aliphatic carbocycles. The molecule has 1 aromatic carbocycles. The van der Waals surface area contributed by atoms with E-state index < -0.39 is 0 Å². The number of hydrogen-bond donors (Lipinski definition) is 2. The van der Waals surface area contributed by atoms with Crippen molar-refractivity contribution in [1.82, 2.24) is 20.4 Å². The van der Waals surface area contributed by atoms with Gasteiger partial charge < -0.3 is 20.3 Å². The van der Waals surface area contributed by atoms with E-state index in [4.69, 9.17) is 4.74 Å². The van der Waals surface area contributed by atoms with Crippen molar-refractivity contribution < 1.29 is 9.53 Å². The lowest BCUT2D eigenvalue weighted by atomic mass is 9.93. The van der Waals surface area contributed by atoms with E-state index in [1.807, 2.05) is 7.05 Å². The van der Waals surface area contributed by atoms with Gasteiger partial charge in [0.25, 0.3) is 0 Å². The standard InChI is InChI=1S/C24H39N5O2.HI/c1-18-15-28(16-19(2)31-18)17-22-7-5-21(6-8-22)14-27-24(26-4)29-11-9-20(10-12-29)13-23(30)25-3;/h5-8,18-20H,9-17H2,1-4H3,(H,25,30)(H,26,27);1H. The lowest BCUT2D eigenvalue weighted by Gasteiger charge is -2.35. The van der Waals surface area contributed by atoms with E-state index in [1.165, 1.54) is 11.1 Å². The third kappa shape index (κ3) is 8.19. The number of halogens is 1. The SMILES string of the molecule is CN=C(NCc1ccc(CN2CC(C)OC(C)C2)cc1)N1CCC(CC(=O)NC)CC1.I. The van der Waals surface area contributed by atoms with Crippen LogP contribution in [0.5, 0.6) is 0 Å². The first kappa shape index (κ1) is 26.9. The van der Waals surface area contributed by atoms with Gasteiger partial charge in [-0.3, -0.25) is 14.7 Å². The number of rotatable bonds is 6. The molecule has 2 aliphatic rings. The van der Waals surface area contributed by atoms with Crippen LogP contribution in [0, 0.1) is 5.92 Å². The number of piperidine rings is 1. The zero-order valence-electron chi connectivity index (χ0n) is 20.0. The maximum atomic E-state index is 11.6. The molecule has 1 amide bonds. The Kier molecular flexibility index (Phi) is 11.2. The number of ether oxygens (including phenoxy) is 1. The molecule has 1 aromatic rings. The highest BCUT2D eigenvalue weighted by Gasteiger charge is 2.23. The number of aliphatic imine (C=N–C) groups is 1. The Balaban J connectivity index is 0.00000363. The first-order valence-corrected chi connectivity index (χ1v) is 11.6. The normalized spacial score (nSPS) is 22.9. The molecular formula is C24H40IN5O2. The minimum Gasteiger partial charge on any atom is -0.373 e. The molecule has 2 heterocycles. The zero-order valence-corrected chi connectivity index (χ0v) is 22.3. The first-order chi connectivity index (χ1) is 15.0. The second-order valence-corrected chi connectivity index (χ2v) is 8.98. The Hall–Kier alpha value is -1.39. The number of amides is 1. The molecule has 32 heavy (non-hydrogen) atoms. The lowest BCUT2D eigenvalue weighted by Crippen LogP contribution is -2.45. The smallest absolute Gasteiger partial charge is 0.220 e. The molecule has 180 valence electrons. The number of morpholine rings is 1. The summed E-state index contributed by atoms with van der Waals surface area (Å²) in [5, 5.41) is 6.23. The van der Waals surface area contributed by atoms with Crippen LogP contribution in [0.15, 0.2) is 29.3 Å². The summed E-state index contributed by atoms with van der Waals surface area (Å²) >= 11 is 0. The molecule has 0 bridgehead atoms. The van der Waals surface area contributed by atoms with Crippen molar-refractivity contribution in [3.63, 3.8) is 0 Å². The number of nitrogens with zero attached hydrogens (tertiary/aromatic N) is 3. The van der Waals surface area contributed by atoms with E-state index in [0.717, 1.165) is 58.1 Å². The third-order valence-corrected chi connectivity index (χ3v) is 6.25. The summed E-state index contributed by atoms with van der Waals surface area (Å²) in [6.07, 6.45) is 3.29. The van der Waals surface area contributed by atoms with Crippen LogP contribution in [-0.2, 0) is 22.6 Å². The molecule has 0 aromatic heterocycles. The highest BCUT2D eigenvalue weighted by molar-refractivity contribution is 14.0. The first-order valence-electron chi connectivity index (χ1n) is 11.6. The van der Waals surface area contributed by atoms with E-state index in [9.17, 15) is 4.79 Å². The summed E-state index contributed by atoms with van der Waals surface area (Å²) in [7, 11) is 3.55. The Labute approximate surface area is 210 Å². The van der Waals surface area contributed by atoms with Crippen LogP contribution < -0.4 is 10.6 Å². The molecule has 2 fully saturated rings. The van der Waals surface area contributed by atoms with Crippen LogP contribution in [0.25, 0.3) is 0 Å². The predicted octanol–water partition coefficient (Wildman–Crippen LogP) is 2.84. The molecule has 3 rings (SSSR count). The average molecular weight is 558 g/mol. The van der Waals surface area contributed by atoms with Crippen LogP contribution in [0.3, 0.4) is 0 Å². The number of carbonyl (C=O) groups is 1. The number of likely N-dealkylation sites (tertiary alicyclic amines) is 1. The van der Waals surface area contributed by atoms with Gasteiger partial charge in [0.15, 0.2) is 5.96 Å². The third-order valence-electron chi connectivity index (χ3n) is 6.25. The number of guanidine groups is 1. The molecule has 2 saturated heterocycles. The Morgan fingerprint density at radius 3 is 2.25 bits per heavy atom. The minimum absolute atomic E-state index is 0. The lowest BCUT2D eigenvalue weighted by molar-refractivity contribution is -0.121. The number of carbonyl (C=O) groups excluding carboxylic acids is 1. The van der Waals surface area contributed by atoms with Gasteiger partial charge >= 0.3 is 0 Å². The van der Waals surface area contributed by atoms with E-state index in [0.29, 0.717) is 24.5 Å². The second kappa shape index (κ2) is 13.3. The fraction of sp³-hybridized carbons (Fsp3) is 0.667. The van der Waals surface area contributed by atoms with E-state index >= 15 is 0 Å². The average Bonchev–Trinajstić information content (AvgIpc) is 2.75. The quantitative estimate of drug-likeness (QED) is 0.320. The summed E-state index contributed by atoms with van der Waals surface area (Å²) in [4.78, 5) is 20.9. The van der Waals surface area contributed by atoms with Crippen molar-refractivity contribution in [1.29, 1.82) is 0 Å². The predicted molar refractivity (Wildman–Crippen MR) is 140 cm³/mol. The molecule has 8 heteroatoms. The minimum atomic E-state index is 0. The highest BCUT2D eigenvalue weighted by Crippen LogP contribution is 2.20. The van der Waals surface area contributed by atoms with Gasteiger partial charge in [0.05, 0.1) is 12.2 Å². The highest BCUT2D eigenvalue weighted by atomic mass is 127.